The van der Waals surface area contributed by atoms with E-state index in [0.717, 1.165) is 37.1 Å². The Hall–Kier alpha value is -2.58. The highest BCUT2D eigenvalue weighted by molar-refractivity contribution is 7.99. The number of likely N-dealkylation sites (tertiary alicyclic amines) is 2. The maximum atomic E-state index is 13.8. The second-order valence-corrected chi connectivity index (χ2v) is 12.1. The fourth-order valence-corrected chi connectivity index (χ4v) is 7.15. The molecule has 2 aromatic rings. The van der Waals surface area contributed by atoms with Crippen molar-refractivity contribution >= 4 is 23.7 Å². The minimum atomic E-state index is -0.703. The second-order valence-electron chi connectivity index (χ2n) is 10.8. The van der Waals surface area contributed by atoms with E-state index < -0.39 is 5.41 Å². The van der Waals surface area contributed by atoms with Crippen molar-refractivity contribution < 1.29 is 14.0 Å². The van der Waals surface area contributed by atoms with E-state index >= 15 is 0 Å². The molecule has 6 nitrogen and oxygen atoms in total. The van der Waals surface area contributed by atoms with Crippen LogP contribution < -0.4 is 5.32 Å². The summed E-state index contributed by atoms with van der Waals surface area (Å²) in [6, 6.07) is 16.7. The number of hydrogen-bond acceptors (Lipinski definition) is 4. The summed E-state index contributed by atoms with van der Waals surface area (Å²) in [5.74, 6) is 2.10. The predicted octanol–water partition coefficient (Wildman–Crippen LogP) is 4.67. The number of carbonyl (C=O) groups excluding carboxylic acids is 2. The Balaban J connectivity index is 1.22. The average molecular weight is 539 g/mol. The van der Waals surface area contributed by atoms with Gasteiger partial charge < -0.3 is 15.1 Å². The number of amides is 3. The van der Waals surface area contributed by atoms with Gasteiger partial charge in [-0.2, -0.15) is 11.8 Å². The van der Waals surface area contributed by atoms with Crippen LogP contribution in [-0.2, 0) is 10.2 Å². The van der Waals surface area contributed by atoms with Gasteiger partial charge >= 0.3 is 6.03 Å². The van der Waals surface area contributed by atoms with Gasteiger partial charge in [-0.15, -0.1) is 0 Å². The van der Waals surface area contributed by atoms with Crippen molar-refractivity contribution in [2.24, 2.45) is 0 Å². The van der Waals surface area contributed by atoms with Gasteiger partial charge in [0.05, 0.1) is 11.5 Å². The maximum Gasteiger partial charge on any atom is 0.320 e. The van der Waals surface area contributed by atoms with Gasteiger partial charge in [-0.3, -0.25) is 9.69 Å². The summed E-state index contributed by atoms with van der Waals surface area (Å²) >= 11 is 2.03. The first-order valence-electron chi connectivity index (χ1n) is 13.9. The van der Waals surface area contributed by atoms with Gasteiger partial charge in [-0.05, 0) is 55.9 Å². The number of carbonyl (C=O) groups is 2. The number of nitrogens with one attached hydrogen (secondary N) is 1. The lowest BCUT2D eigenvalue weighted by molar-refractivity contribution is -0.129. The SMILES string of the molecule is C[C@H](NC(=O)C1(c2ccccc2)CCN(C(=O)N2CCC(N3CCSCC3)CC2)CC1)c1ccc(F)cc1. The molecule has 3 fully saturated rings. The van der Waals surface area contributed by atoms with E-state index in [9.17, 15) is 14.0 Å². The largest absolute Gasteiger partial charge is 0.349 e. The fraction of sp³-hybridized carbons (Fsp3) is 0.533. The molecule has 0 spiro atoms. The summed E-state index contributed by atoms with van der Waals surface area (Å²) in [7, 11) is 0. The van der Waals surface area contributed by atoms with E-state index in [-0.39, 0.29) is 23.8 Å². The molecule has 38 heavy (non-hydrogen) atoms. The topological polar surface area (TPSA) is 55.9 Å². The summed E-state index contributed by atoms with van der Waals surface area (Å²) in [5.41, 5.74) is 1.14. The average Bonchev–Trinajstić information content (AvgIpc) is 2.98. The maximum absolute atomic E-state index is 13.8. The van der Waals surface area contributed by atoms with Crippen LogP contribution in [0.25, 0.3) is 0 Å². The predicted molar refractivity (Wildman–Crippen MR) is 151 cm³/mol. The van der Waals surface area contributed by atoms with Crippen molar-refractivity contribution in [1.29, 1.82) is 0 Å². The number of hydrogen-bond donors (Lipinski definition) is 1. The summed E-state index contributed by atoms with van der Waals surface area (Å²) in [6.45, 7) is 6.98. The normalized spacial score (nSPS) is 21.6. The molecule has 3 aliphatic heterocycles. The quantitative estimate of drug-likeness (QED) is 0.601. The minimum absolute atomic E-state index is 0.0341. The first-order valence-corrected chi connectivity index (χ1v) is 15.1. The van der Waals surface area contributed by atoms with Crippen molar-refractivity contribution in [2.75, 3.05) is 50.8 Å². The van der Waals surface area contributed by atoms with Crippen LogP contribution in [-0.4, -0.2) is 83.5 Å². The Labute approximate surface area is 229 Å². The Morgan fingerprint density at radius 3 is 2.13 bits per heavy atom. The van der Waals surface area contributed by atoms with Gasteiger partial charge in [0.25, 0.3) is 0 Å². The number of urea groups is 1. The lowest BCUT2D eigenvalue weighted by Crippen LogP contribution is -2.56. The molecule has 0 aliphatic carbocycles. The summed E-state index contributed by atoms with van der Waals surface area (Å²) in [4.78, 5) is 33.8. The second kappa shape index (κ2) is 12.1. The highest BCUT2D eigenvalue weighted by Crippen LogP contribution is 2.37. The van der Waals surface area contributed by atoms with Crippen LogP contribution in [0.2, 0.25) is 0 Å². The van der Waals surface area contributed by atoms with Crippen molar-refractivity contribution in [3.63, 3.8) is 0 Å². The molecule has 3 amide bonds. The van der Waals surface area contributed by atoms with Gasteiger partial charge in [0, 0.05) is 56.8 Å². The smallest absolute Gasteiger partial charge is 0.320 e. The first-order chi connectivity index (χ1) is 18.5. The van der Waals surface area contributed by atoms with Crippen LogP contribution in [0.4, 0.5) is 9.18 Å². The molecule has 0 radical (unpaired) electrons. The molecule has 0 bridgehead atoms. The molecule has 0 unspecified atom stereocenters. The van der Waals surface area contributed by atoms with E-state index in [1.54, 1.807) is 12.1 Å². The van der Waals surface area contributed by atoms with Crippen molar-refractivity contribution in [3.8, 4) is 0 Å². The first kappa shape index (κ1) is 27.0. The van der Waals surface area contributed by atoms with Gasteiger partial charge in [-0.1, -0.05) is 42.5 Å². The van der Waals surface area contributed by atoms with Crippen molar-refractivity contribution in [2.45, 2.75) is 50.1 Å². The zero-order valence-corrected chi connectivity index (χ0v) is 23.1. The highest BCUT2D eigenvalue weighted by atomic mass is 32.2. The zero-order valence-electron chi connectivity index (χ0n) is 22.3. The van der Waals surface area contributed by atoms with Gasteiger partial charge in [0.2, 0.25) is 5.91 Å². The summed E-state index contributed by atoms with van der Waals surface area (Å²) in [5, 5.41) is 3.19. The molecular formula is C30H39FN4O2S. The molecule has 3 heterocycles. The Morgan fingerprint density at radius 2 is 1.50 bits per heavy atom. The van der Waals surface area contributed by atoms with E-state index in [1.165, 1.54) is 36.7 Å². The van der Waals surface area contributed by atoms with Gasteiger partial charge in [-0.25, -0.2) is 9.18 Å². The monoisotopic (exact) mass is 538 g/mol. The van der Waals surface area contributed by atoms with Crippen LogP contribution in [0.1, 0.15) is 49.8 Å². The molecule has 204 valence electrons. The molecule has 2 aromatic carbocycles. The third-order valence-corrected chi connectivity index (χ3v) is 9.61. The lowest BCUT2D eigenvalue weighted by atomic mass is 9.71. The van der Waals surface area contributed by atoms with Crippen LogP contribution >= 0.6 is 11.8 Å². The van der Waals surface area contributed by atoms with E-state index in [0.29, 0.717) is 32.0 Å². The number of benzene rings is 2. The lowest BCUT2D eigenvalue weighted by Gasteiger charge is -2.44. The number of piperidine rings is 2. The molecule has 8 heteroatoms. The highest BCUT2D eigenvalue weighted by Gasteiger charge is 2.44. The third-order valence-electron chi connectivity index (χ3n) is 8.66. The molecule has 3 aliphatic rings. The Bertz CT molecular complexity index is 1080. The van der Waals surface area contributed by atoms with Gasteiger partial charge in [0.1, 0.15) is 5.82 Å². The molecular weight excluding hydrogens is 499 g/mol. The summed E-state index contributed by atoms with van der Waals surface area (Å²) < 4.78 is 13.4. The Kier molecular flexibility index (Phi) is 8.58. The number of rotatable bonds is 5. The number of halogens is 1. The molecule has 0 aromatic heterocycles. The van der Waals surface area contributed by atoms with Crippen molar-refractivity contribution in [3.05, 3.63) is 71.5 Å². The fourth-order valence-electron chi connectivity index (χ4n) is 6.22. The Morgan fingerprint density at radius 1 is 0.895 bits per heavy atom. The number of thioether (sulfide) groups is 1. The molecule has 0 saturated carbocycles. The van der Waals surface area contributed by atoms with E-state index in [4.69, 9.17) is 0 Å². The van der Waals surface area contributed by atoms with Crippen LogP contribution in [0, 0.1) is 5.82 Å². The summed E-state index contributed by atoms with van der Waals surface area (Å²) in [6.07, 6.45) is 3.24. The molecule has 5 rings (SSSR count). The molecule has 3 saturated heterocycles. The van der Waals surface area contributed by atoms with Crippen LogP contribution in [0.5, 0.6) is 0 Å². The van der Waals surface area contributed by atoms with Gasteiger partial charge in [0.15, 0.2) is 0 Å². The van der Waals surface area contributed by atoms with Crippen molar-refractivity contribution in [1.82, 2.24) is 20.0 Å². The minimum Gasteiger partial charge on any atom is -0.349 e. The van der Waals surface area contributed by atoms with Crippen LogP contribution in [0.3, 0.4) is 0 Å². The molecule has 1 atom stereocenters. The van der Waals surface area contributed by atoms with E-state index in [1.807, 2.05) is 58.8 Å². The zero-order chi connectivity index (χ0) is 26.5. The number of nitrogens with zero attached hydrogens (tertiary/aromatic N) is 3. The van der Waals surface area contributed by atoms with E-state index in [2.05, 4.69) is 10.2 Å². The van der Waals surface area contributed by atoms with Crippen LogP contribution in [0.15, 0.2) is 54.6 Å². The third kappa shape index (κ3) is 5.86. The molecule has 1 N–H and O–H groups in total. The standard InChI is InChI=1S/C30H39FN4O2S/c1-23(24-7-9-26(31)10-8-24)32-28(36)30(25-5-3-2-4-6-25)13-17-35(18-14-30)29(37)34-15-11-27(12-16-34)33-19-21-38-22-20-33/h2-10,23,27H,11-22H2,1H3,(H,32,36)/t23-/m0/s1.